The summed E-state index contributed by atoms with van der Waals surface area (Å²) in [5.41, 5.74) is 1.39. The lowest BCUT2D eigenvalue weighted by Crippen LogP contribution is -2.27. The first-order valence-corrected chi connectivity index (χ1v) is 7.21. The van der Waals surface area contributed by atoms with E-state index in [9.17, 15) is 15.0 Å². The highest BCUT2D eigenvalue weighted by atomic mass is 16.7. The van der Waals surface area contributed by atoms with Gasteiger partial charge in [0.2, 0.25) is 0 Å². The summed E-state index contributed by atoms with van der Waals surface area (Å²) in [6.45, 7) is 1.77. The maximum Gasteiger partial charge on any atom is 0.336 e. The number of aliphatic hydroxyl groups excluding tert-OH is 1. The molecular weight excluding hydrogens is 300 g/mol. The lowest BCUT2D eigenvalue weighted by Gasteiger charge is -2.25. The molecule has 1 heterocycles. The molecule has 0 bridgehead atoms. The summed E-state index contributed by atoms with van der Waals surface area (Å²) in [5, 5.41) is 28.6. The number of methoxy groups -OCH3 is 1. The Morgan fingerprint density at radius 3 is 2.78 bits per heavy atom. The Morgan fingerprint density at radius 1 is 1.39 bits per heavy atom. The smallest absolute Gasteiger partial charge is 0.336 e. The SMILES string of the molecule is COC1(c2cc(O)ccc2O)C=C(CCC=C(C)CO)C(=O)O1. The van der Waals surface area contributed by atoms with E-state index >= 15 is 0 Å². The van der Waals surface area contributed by atoms with Gasteiger partial charge in [0.1, 0.15) is 11.5 Å². The number of hydrogen-bond acceptors (Lipinski definition) is 6. The molecule has 6 heteroatoms. The maximum atomic E-state index is 12.1. The highest BCUT2D eigenvalue weighted by Gasteiger charge is 2.43. The molecule has 124 valence electrons. The number of benzene rings is 1. The standard InChI is InChI=1S/C17H20O6/c1-11(10-18)4-3-5-12-9-17(22-2,23-16(12)21)14-8-13(19)6-7-15(14)20/h4,6-9,18-20H,3,5,10H2,1-2H3. The second kappa shape index (κ2) is 6.85. The van der Waals surface area contributed by atoms with E-state index in [1.54, 1.807) is 6.92 Å². The lowest BCUT2D eigenvalue weighted by molar-refractivity contribution is -0.193. The minimum atomic E-state index is -1.55. The summed E-state index contributed by atoms with van der Waals surface area (Å²) < 4.78 is 10.6. The van der Waals surface area contributed by atoms with Gasteiger partial charge >= 0.3 is 5.97 Å². The van der Waals surface area contributed by atoms with Crippen molar-refractivity contribution in [2.45, 2.75) is 25.6 Å². The molecule has 0 aromatic heterocycles. The number of ether oxygens (including phenoxy) is 2. The van der Waals surface area contributed by atoms with E-state index in [1.165, 1.54) is 31.4 Å². The van der Waals surface area contributed by atoms with E-state index in [1.807, 2.05) is 6.08 Å². The summed E-state index contributed by atoms with van der Waals surface area (Å²) in [6.07, 6.45) is 4.33. The van der Waals surface area contributed by atoms with E-state index in [0.29, 0.717) is 18.4 Å². The molecule has 1 atom stereocenters. The van der Waals surface area contributed by atoms with Gasteiger partial charge in [0.15, 0.2) is 0 Å². The molecule has 0 fully saturated rings. The van der Waals surface area contributed by atoms with Gasteiger partial charge in [0, 0.05) is 18.8 Å². The van der Waals surface area contributed by atoms with Crippen LogP contribution < -0.4 is 0 Å². The van der Waals surface area contributed by atoms with Crippen molar-refractivity contribution >= 4 is 5.97 Å². The van der Waals surface area contributed by atoms with Crippen molar-refractivity contribution < 1.29 is 29.6 Å². The molecule has 23 heavy (non-hydrogen) atoms. The van der Waals surface area contributed by atoms with Crippen molar-refractivity contribution in [3.05, 3.63) is 47.1 Å². The largest absolute Gasteiger partial charge is 0.508 e. The number of esters is 1. The van der Waals surface area contributed by atoms with Crippen LogP contribution in [0.15, 0.2) is 41.5 Å². The van der Waals surface area contributed by atoms with Crippen LogP contribution >= 0.6 is 0 Å². The number of aliphatic hydroxyl groups is 1. The van der Waals surface area contributed by atoms with Crippen LogP contribution in [0, 0.1) is 0 Å². The number of carbonyl (C=O) groups excluding carboxylic acids is 1. The Labute approximate surface area is 134 Å². The topological polar surface area (TPSA) is 96.2 Å². The van der Waals surface area contributed by atoms with Crippen LogP contribution in [-0.4, -0.2) is 35.0 Å². The number of phenols is 2. The summed E-state index contributed by atoms with van der Waals surface area (Å²) in [5.74, 6) is -2.31. The molecule has 0 saturated heterocycles. The number of rotatable bonds is 6. The Hall–Kier alpha value is -2.31. The summed E-state index contributed by atoms with van der Waals surface area (Å²) in [6, 6.07) is 3.92. The zero-order valence-corrected chi connectivity index (χ0v) is 13.1. The molecule has 2 rings (SSSR count). The van der Waals surface area contributed by atoms with Crippen molar-refractivity contribution in [1.82, 2.24) is 0 Å². The third-order valence-electron chi connectivity index (χ3n) is 3.69. The summed E-state index contributed by atoms with van der Waals surface area (Å²) >= 11 is 0. The number of aromatic hydroxyl groups is 2. The Balaban J connectivity index is 2.30. The molecule has 0 spiro atoms. The molecule has 1 aromatic carbocycles. The predicted octanol–water partition coefficient (Wildman–Crippen LogP) is 2.10. The Kier molecular flexibility index (Phi) is 5.08. The van der Waals surface area contributed by atoms with Gasteiger partial charge in [0.05, 0.1) is 12.2 Å². The van der Waals surface area contributed by atoms with Crippen molar-refractivity contribution in [3.8, 4) is 11.5 Å². The van der Waals surface area contributed by atoms with Gasteiger partial charge < -0.3 is 24.8 Å². The molecule has 0 aliphatic carbocycles. The van der Waals surface area contributed by atoms with Crippen molar-refractivity contribution in [3.63, 3.8) is 0 Å². The highest BCUT2D eigenvalue weighted by molar-refractivity contribution is 5.91. The molecule has 0 saturated carbocycles. The molecule has 0 amide bonds. The van der Waals surface area contributed by atoms with Crippen LogP contribution in [0.25, 0.3) is 0 Å². The fourth-order valence-electron chi connectivity index (χ4n) is 2.38. The molecule has 1 aromatic rings. The third kappa shape index (κ3) is 3.55. The normalized spacial score (nSPS) is 21.3. The first-order chi connectivity index (χ1) is 10.9. The summed E-state index contributed by atoms with van der Waals surface area (Å²) in [7, 11) is 1.35. The van der Waals surface area contributed by atoms with E-state index in [0.717, 1.165) is 5.57 Å². The fraction of sp³-hybridized carbons (Fsp3) is 0.353. The van der Waals surface area contributed by atoms with Gasteiger partial charge in [-0.25, -0.2) is 4.79 Å². The number of carbonyl (C=O) groups is 1. The average Bonchev–Trinajstić information content (AvgIpc) is 2.87. The second-order valence-electron chi connectivity index (χ2n) is 5.38. The van der Waals surface area contributed by atoms with Gasteiger partial charge in [0.25, 0.3) is 5.79 Å². The lowest BCUT2D eigenvalue weighted by atomic mass is 10.0. The molecule has 0 radical (unpaired) electrons. The fourth-order valence-corrected chi connectivity index (χ4v) is 2.38. The first kappa shape index (κ1) is 17.1. The first-order valence-electron chi connectivity index (χ1n) is 7.21. The average molecular weight is 320 g/mol. The van der Waals surface area contributed by atoms with Crippen LogP contribution in [0.1, 0.15) is 25.3 Å². The molecule has 3 N–H and O–H groups in total. The van der Waals surface area contributed by atoms with Crippen LogP contribution in [-0.2, 0) is 20.1 Å². The number of phenolic OH excluding ortho intramolecular Hbond substituents is 2. The van der Waals surface area contributed by atoms with Crippen LogP contribution in [0.2, 0.25) is 0 Å². The van der Waals surface area contributed by atoms with Crippen LogP contribution in [0.4, 0.5) is 0 Å². The van der Waals surface area contributed by atoms with Crippen molar-refractivity contribution in [2.75, 3.05) is 13.7 Å². The Bertz CT molecular complexity index is 661. The van der Waals surface area contributed by atoms with Crippen LogP contribution in [0.5, 0.6) is 11.5 Å². The van der Waals surface area contributed by atoms with Crippen molar-refractivity contribution in [2.24, 2.45) is 0 Å². The van der Waals surface area contributed by atoms with E-state index in [4.69, 9.17) is 14.6 Å². The quantitative estimate of drug-likeness (QED) is 0.422. The molecular formula is C17H20O6. The number of hydrogen-bond donors (Lipinski definition) is 3. The molecule has 6 nitrogen and oxygen atoms in total. The van der Waals surface area contributed by atoms with Gasteiger partial charge in [-0.3, -0.25) is 0 Å². The zero-order valence-electron chi connectivity index (χ0n) is 13.1. The predicted molar refractivity (Wildman–Crippen MR) is 82.7 cm³/mol. The molecule has 1 aliphatic rings. The number of cyclic esters (lactones) is 1. The van der Waals surface area contributed by atoms with Crippen molar-refractivity contribution in [1.29, 1.82) is 0 Å². The van der Waals surface area contributed by atoms with Gasteiger partial charge in [-0.05, 0) is 38.0 Å². The number of allylic oxidation sites excluding steroid dienone is 1. The maximum absolute atomic E-state index is 12.1. The van der Waals surface area contributed by atoms with Gasteiger partial charge in [-0.1, -0.05) is 11.6 Å². The zero-order chi connectivity index (χ0) is 17.0. The van der Waals surface area contributed by atoms with Crippen LogP contribution in [0.3, 0.4) is 0 Å². The Morgan fingerprint density at radius 2 is 2.13 bits per heavy atom. The van der Waals surface area contributed by atoms with E-state index in [2.05, 4.69) is 0 Å². The van der Waals surface area contributed by atoms with Gasteiger partial charge in [-0.2, -0.15) is 0 Å². The van der Waals surface area contributed by atoms with Gasteiger partial charge in [-0.15, -0.1) is 0 Å². The highest BCUT2D eigenvalue weighted by Crippen LogP contribution is 2.42. The third-order valence-corrected chi connectivity index (χ3v) is 3.69. The molecule has 1 aliphatic heterocycles. The summed E-state index contributed by atoms with van der Waals surface area (Å²) in [4.78, 5) is 12.1. The minimum Gasteiger partial charge on any atom is -0.508 e. The second-order valence-corrected chi connectivity index (χ2v) is 5.38. The minimum absolute atomic E-state index is 0.0251. The van der Waals surface area contributed by atoms with E-state index < -0.39 is 11.8 Å². The van der Waals surface area contributed by atoms with E-state index in [-0.39, 0.29) is 23.7 Å². The molecule has 1 unspecified atom stereocenters. The monoisotopic (exact) mass is 320 g/mol.